The van der Waals surface area contributed by atoms with E-state index in [-0.39, 0.29) is 29.1 Å². The Kier molecular flexibility index (Phi) is 6.98. The van der Waals surface area contributed by atoms with Gasteiger partial charge < -0.3 is 5.32 Å². The van der Waals surface area contributed by atoms with Gasteiger partial charge in [-0.15, -0.1) is 0 Å². The lowest BCUT2D eigenvalue weighted by molar-refractivity contribution is -0.385. The summed E-state index contributed by atoms with van der Waals surface area (Å²) in [7, 11) is 0. The highest BCUT2D eigenvalue weighted by molar-refractivity contribution is 5.78. The lowest BCUT2D eigenvalue weighted by Gasteiger charge is -2.23. The number of carbonyl (C=O) groups is 1. The van der Waals surface area contributed by atoms with Crippen LogP contribution >= 0.6 is 0 Å². The fourth-order valence-electron chi connectivity index (χ4n) is 2.01. The van der Waals surface area contributed by atoms with Crippen LogP contribution in [0.3, 0.4) is 0 Å². The number of rotatable bonds is 8. The first-order valence-corrected chi connectivity index (χ1v) is 7.59. The minimum Gasteiger partial charge on any atom is -0.352 e. The molecule has 1 rings (SSSR count). The molecule has 1 aromatic carbocycles. The Hall–Kier alpha value is -1.95. The first-order chi connectivity index (χ1) is 10.3. The SMILES string of the molecule is CCN(CC(=O)N[C@H](C)C(C)C)Cc1ccccc1[N+](=O)[O-]. The number of nitrogens with zero attached hydrogens (tertiary/aromatic N) is 2. The lowest BCUT2D eigenvalue weighted by Crippen LogP contribution is -2.42. The van der Waals surface area contributed by atoms with Crippen molar-refractivity contribution in [3.8, 4) is 0 Å². The topological polar surface area (TPSA) is 75.5 Å². The summed E-state index contributed by atoms with van der Waals surface area (Å²) < 4.78 is 0. The molecule has 1 N–H and O–H groups in total. The van der Waals surface area contributed by atoms with Crippen molar-refractivity contribution in [2.24, 2.45) is 5.92 Å². The largest absolute Gasteiger partial charge is 0.352 e. The van der Waals surface area contributed by atoms with Crippen molar-refractivity contribution in [1.82, 2.24) is 10.2 Å². The number of nitro groups is 1. The third kappa shape index (κ3) is 5.44. The van der Waals surface area contributed by atoms with Crippen molar-refractivity contribution >= 4 is 11.6 Å². The minimum absolute atomic E-state index is 0.0540. The third-order valence-corrected chi connectivity index (χ3v) is 3.79. The second-order valence-corrected chi connectivity index (χ2v) is 5.79. The van der Waals surface area contributed by atoms with Gasteiger partial charge in [-0.2, -0.15) is 0 Å². The van der Waals surface area contributed by atoms with Gasteiger partial charge in [0.1, 0.15) is 0 Å². The van der Waals surface area contributed by atoms with Crippen LogP contribution in [0.5, 0.6) is 0 Å². The standard InChI is InChI=1S/C16H25N3O3/c1-5-18(11-16(20)17-13(4)12(2)3)10-14-8-6-7-9-15(14)19(21)22/h6-9,12-13H,5,10-11H2,1-4H3,(H,17,20)/t13-/m1/s1. The molecular formula is C16H25N3O3. The number of amides is 1. The van der Waals surface area contributed by atoms with E-state index >= 15 is 0 Å². The molecule has 0 fully saturated rings. The van der Waals surface area contributed by atoms with Crippen LogP contribution in [0.4, 0.5) is 5.69 Å². The van der Waals surface area contributed by atoms with Crippen LogP contribution in [0.1, 0.15) is 33.3 Å². The summed E-state index contributed by atoms with van der Waals surface area (Å²) in [6.07, 6.45) is 0. The van der Waals surface area contributed by atoms with Gasteiger partial charge in [0.15, 0.2) is 0 Å². The number of carbonyl (C=O) groups excluding carboxylic acids is 1. The molecular weight excluding hydrogens is 282 g/mol. The van der Waals surface area contributed by atoms with Gasteiger partial charge in [0.2, 0.25) is 5.91 Å². The highest BCUT2D eigenvalue weighted by Gasteiger charge is 2.18. The second kappa shape index (κ2) is 8.48. The van der Waals surface area contributed by atoms with Gasteiger partial charge in [-0.25, -0.2) is 0 Å². The van der Waals surface area contributed by atoms with Crippen LogP contribution in [0.25, 0.3) is 0 Å². The average molecular weight is 307 g/mol. The summed E-state index contributed by atoms with van der Waals surface area (Å²) in [5.74, 6) is 0.316. The lowest BCUT2D eigenvalue weighted by atomic mass is 10.1. The Labute approximate surface area is 131 Å². The summed E-state index contributed by atoms with van der Waals surface area (Å²) >= 11 is 0. The van der Waals surface area contributed by atoms with Crippen molar-refractivity contribution in [1.29, 1.82) is 0 Å². The number of likely N-dealkylation sites (N-methyl/N-ethyl adjacent to an activating group) is 1. The van der Waals surface area contributed by atoms with Crippen LogP contribution in [0.2, 0.25) is 0 Å². The molecule has 0 saturated carbocycles. The number of hydrogen-bond donors (Lipinski definition) is 1. The van der Waals surface area contributed by atoms with Gasteiger partial charge >= 0.3 is 0 Å². The highest BCUT2D eigenvalue weighted by Crippen LogP contribution is 2.19. The van der Waals surface area contributed by atoms with Gasteiger partial charge in [0.25, 0.3) is 5.69 Å². The predicted octanol–water partition coefficient (Wildman–Crippen LogP) is 2.58. The molecule has 0 aliphatic heterocycles. The zero-order chi connectivity index (χ0) is 16.7. The maximum absolute atomic E-state index is 12.0. The van der Waals surface area contributed by atoms with Crippen molar-refractivity contribution in [3.63, 3.8) is 0 Å². The minimum atomic E-state index is -0.385. The van der Waals surface area contributed by atoms with Crippen molar-refractivity contribution in [3.05, 3.63) is 39.9 Å². The molecule has 0 aliphatic rings. The Morgan fingerprint density at radius 1 is 1.32 bits per heavy atom. The molecule has 22 heavy (non-hydrogen) atoms. The fraction of sp³-hybridized carbons (Fsp3) is 0.562. The predicted molar refractivity (Wildman–Crippen MR) is 86.5 cm³/mol. The molecule has 0 unspecified atom stereocenters. The number of hydrogen-bond acceptors (Lipinski definition) is 4. The Morgan fingerprint density at radius 3 is 2.50 bits per heavy atom. The molecule has 0 bridgehead atoms. The van der Waals surface area contributed by atoms with Crippen LogP contribution in [0.15, 0.2) is 24.3 Å². The summed E-state index contributed by atoms with van der Waals surface area (Å²) in [4.78, 5) is 24.6. The summed E-state index contributed by atoms with van der Waals surface area (Å²) in [5, 5.41) is 14.0. The highest BCUT2D eigenvalue weighted by atomic mass is 16.6. The van der Waals surface area contributed by atoms with E-state index in [1.807, 2.05) is 18.7 Å². The molecule has 0 spiro atoms. The van der Waals surface area contributed by atoms with Crippen molar-refractivity contribution in [2.45, 2.75) is 40.3 Å². The van der Waals surface area contributed by atoms with Crippen LogP contribution < -0.4 is 5.32 Å². The van der Waals surface area contributed by atoms with Crippen molar-refractivity contribution < 1.29 is 9.72 Å². The van der Waals surface area contributed by atoms with Gasteiger partial charge in [-0.3, -0.25) is 19.8 Å². The normalized spacial score (nSPS) is 12.5. The van der Waals surface area contributed by atoms with E-state index in [0.717, 1.165) is 0 Å². The number of para-hydroxylation sites is 1. The second-order valence-electron chi connectivity index (χ2n) is 5.79. The summed E-state index contributed by atoms with van der Waals surface area (Å²) in [6, 6.07) is 6.75. The molecule has 0 radical (unpaired) electrons. The molecule has 1 amide bonds. The fourth-order valence-corrected chi connectivity index (χ4v) is 2.01. The molecule has 0 saturated heterocycles. The van der Waals surface area contributed by atoms with E-state index < -0.39 is 0 Å². The molecule has 6 nitrogen and oxygen atoms in total. The van der Waals surface area contributed by atoms with E-state index in [1.165, 1.54) is 6.07 Å². The van der Waals surface area contributed by atoms with E-state index in [9.17, 15) is 14.9 Å². The van der Waals surface area contributed by atoms with Crippen LogP contribution in [0, 0.1) is 16.0 Å². The molecule has 1 atom stereocenters. The monoisotopic (exact) mass is 307 g/mol. The summed E-state index contributed by atoms with van der Waals surface area (Å²) in [6.45, 7) is 9.28. The van der Waals surface area contributed by atoms with E-state index in [2.05, 4.69) is 19.2 Å². The van der Waals surface area contributed by atoms with E-state index in [1.54, 1.807) is 18.2 Å². The summed E-state index contributed by atoms with van der Waals surface area (Å²) in [5.41, 5.74) is 0.718. The smallest absolute Gasteiger partial charge is 0.273 e. The Bertz CT molecular complexity index is 517. The Morgan fingerprint density at radius 2 is 1.95 bits per heavy atom. The number of benzene rings is 1. The van der Waals surface area contributed by atoms with Crippen LogP contribution in [-0.4, -0.2) is 34.9 Å². The maximum atomic E-state index is 12.0. The first kappa shape index (κ1) is 18.1. The number of nitrogens with one attached hydrogen (secondary N) is 1. The molecule has 0 aliphatic carbocycles. The van der Waals surface area contributed by atoms with Gasteiger partial charge in [-0.05, 0) is 19.4 Å². The number of nitro benzene ring substituents is 1. The average Bonchev–Trinajstić information content (AvgIpc) is 2.46. The zero-order valence-electron chi connectivity index (χ0n) is 13.7. The Balaban J connectivity index is 2.70. The zero-order valence-corrected chi connectivity index (χ0v) is 13.7. The van der Waals surface area contributed by atoms with Crippen LogP contribution in [-0.2, 0) is 11.3 Å². The van der Waals surface area contributed by atoms with Gasteiger partial charge in [-0.1, -0.05) is 39.0 Å². The molecule has 0 aromatic heterocycles. The van der Waals surface area contributed by atoms with Crippen molar-refractivity contribution in [2.75, 3.05) is 13.1 Å². The third-order valence-electron chi connectivity index (χ3n) is 3.79. The van der Waals surface area contributed by atoms with Gasteiger partial charge in [0.05, 0.1) is 11.5 Å². The molecule has 122 valence electrons. The van der Waals surface area contributed by atoms with E-state index in [4.69, 9.17) is 0 Å². The quantitative estimate of drug-likeness (QED) is 0.591. The van der Waals surface area contributed by atoms with Gasteiger partial charge in [0, 0.05) is 24.2 Å². The molecule has 6 heteroatoms. The first-order valence-electron chi connectivity index (χ1n) is 7.59. The van der Waals surface area contributed by atoms with E-state index in [0.29, 0.717) is 24.6 Å². The maximum Gasteiger partial charge on any atom is 0.273 e. The molecule has 1 aromatic rings. The molecule has 0 heterocycles.